The third-order valence-corrected chi connectivity index (χ3v) is 21.2. The smallest absolute Gasteiger partial charge is 0.443 e. The van der Waals surface area contributed by atoms with E-state index in [0.29, 0.717) is 51.8 Å². The minimum Gasteiger partial charge on any atom is -0.443 e. The molecule has 0 atom stereocenters. The fraction of sp³-hybridized carbons (Fsp3) is 0.207. The van der Waals surface area contributed by atoms with Gasteiger partial charge in [0.15, 0.2) is 39.7 Å². The summed E-state index contributed by atoms with van der Waals surface area (Å²) in [6.07, 6.45) is 25.6. The van der Waals surface area contributed by atoms with Gasteiger partial charge in [0.25, 0.3) is 0 Å². The molecular formula is C92H98B2Br2ClN19O7. The van der Waals surface area contributed by atoms with Crippen LogP contribution in [0.15, 0.2) is 308 Å². The van der Waals surface area contributed by atoms with Crippen molar-refractivity contribution in [1.82, 2.24) is 66.8 Å². The number of fused-ring (bicyclic) bond motifs is 6. The maximum atomic E-state index is 12.4. The molecule has 1 amide bonds. The number of aromatic nitrogens is 13. The van der Waals surface area contributed by atoms with E-state index in [1.165, 1.54) is 49.5 Å². The van der Waals surface area contributed by atoms with E-state index in [9.17, 15) is 29.7 Å². The first-order chi connectivity index (χ1) is 59.4. The van der Waals surface area contributed by atoms with E-state index in [2.05, 4.69) is 203 Å². The van der Waals surface area contributed by atoms with Gasteiger partial charge in [0, 0.05) is 155 Å². The van der Waals surface area contributed by atoms with Crippen molar-refractivity contribution in [3.63, 3.8) is 0 Å². The molecule has 12 aromatic heterocycles. The molecule has 31 heteroatoms. The Balaban J connectivity index is 0.000000134. The highest BCUT2D eigenvalue weighted by molar-refractivity contribution is 9.10. The van der Waals surface area contributed by atoms with Crippen LogP contribution >= 0.6 is 43.5 Å². The number of ether oxygens (including phenoxy) is 1. The van der Waals surface area contributed by atoms with Crippen LogP contribution < -0.4 is 41.0 Å². The molecule has 5 aromatic carbocycles. The molecule has 0 radical (unpaired) electrons. The Kier molecular flexibility index (Phi) is 31.2. The lowest BCUT2D eigenvalue weighted by molar-refractivity contribution is 0.0587. The van der Waals surface area contributed by atoms with Crippen molar-refractivity contribution >= 4 is 143 Å². The van der Waals surface area contributed by atoms with Gasteiger partial charge in [-0.1, -0.05) is 163 Å². The van der Waals surface area contributed by atoms with Crippen LogP contribution in [0.1, 0.15) is 78.2 Å². The highest BCUT2D eigenvalue weighted by Gasteiger charge is 2.29. The largest absolute Gasteiger partial charge is 0.506 e. The Morgan fingerprint density at radius 3 is 1.30 bits per heavy atom. The number of halogens is 3. The SMILES string of the molecule is Brc1cccn2ccnc12.CN(C(=O)OC(C)(C)C)c1cc(Cl)nc2c(C(=O)CC3CC3)cnn12.CN(Cc1ccccc1)c1ccc(B(O)O)n2ccnc12.CN(Cc1ccccc1)c1ccc(B(O)O)n2ccnc12.CN(Cc1ccccc1)c1ccc(Br)n2ccnc12.CN(Cc1ccccc1)c1cccn2ccnc12.CNCc1ccccc1. The number of nitrogens with zero attached hydrogens (tertiary/aromatic N) is 18. The standard InChI is InChI=1S/C17H21ClN4O3.2C15H16BN3O2.C15H14BrN3.C15H15N3.C8H11N.C7H5BrN2/c1-17(2,3)25-16(24)21(4)14-8-13(18)20-15-11(9-19-22(14)15)12(23)7-10-5-6-10;2*1-18(11-12-5-3-2-4-6-12)13-7-8-14(16(20)21)19-10-9-17-15(13)19;1-18(11-12-5-3-2-4-6-12)13-7-8-14(16)19-10-9-17-15(13)19;1-17(12-13-6-3-2-4-7-13)14-8-5-10-18-11-9-16-15(14)18;1-9-7-8-5-3-2-4-6-8;8-6-2-1-4-10-5-3-9-7(6)10/h8-10H,5-7H2,1-4H3;2*2-10,20-21H,11H2,1H3;2-10H,11H2,1H3;2-11H,12H2,1H3;2-6,9H,7H2,1H3;1-5H. The van der Waals surface area contributed by atoms with Crippen LogP contribution in [0.25, 0.3) is 33.9 Å². The topological polar surface area (TPSA) is 269 Å². The predicted octanol–water partition coefficient (Wildman–Crippen LogP) is 15.2. The average Bonchev–Trinajstić information content (AvgIpc) is 1.58. The third-order valence-electron chi connectivity index (χ3n) is 19.7. The minimum atomic E-state index is -1.52. The van der Waals surface area contributed by atoms with Gasteiger partial charge in [0.1, 0.15) is 16.6 Å². The summed E-state index contributed by atoms with van der Waals surface area (Å²) in [5.74, 6) is 0.846. The molecular weight excluding hydrogens is 1700 g/mol. The molecule has 12 heterocycles. The van der Waals surface area contributed by atoms with Crippen molar-refractivity contribution in [2.24, 2.45) is 5.92 Å². The van der Waals surface area contributed by atoms with Crippen LogP contribution in [-0.2, 0) is 37.5 Å². The molecule has 0 unspecified atom stereocenters. The van der Waals surface area contributed by atoms with Crippen molar-refractivity contribution in [2.45, 2.75) is 78.4 Å². The Labute approximate surface area is 737 Å². The number of Topliss-reactive ketones (excluding diaryl/α,β-unsaturated/α-hetero) is 1. The van der Waals surface area contributed by atoms with Crippen LogP contribution in [0.3, 0.4) is 0 Å². The van der Waals surface area contributed by atoms with Crippen molar-refractivity contribution in [3.05, 3.63) is 347 Å². The molecule has 0 spiro atoms. The lowest BCUT2D eigenvalue weighted by Gasteiger charge is -2.24. The van der Waals surface area contributed by atoms with Crippen molar-refractivity contribution in [3.8, 4) is 0 Å². The zero-order valence-electron chi connectivity index (χ0n) is 69.9. The molecule has 1 fully saturated rings. The monoisotopic (exact) mass is 1800 g/mol. The summed E-state index contributed by atoms with van der Waals surface area (Å²) in [6, 6.07) is 72.5. The fourth-order valence-corrected chi connectivity index (χ4v) is 14.6. The first kappa shape index (κ1) is 89.7. The summed E-state index contributed by atoms with van der Waals surface area (Å²) >= 11 is 13.0. The Morgan fingerprint density at radius 2 is 0.870 bits per heavy atom. The second-order valence-corrected chi connectivity index (χ2v) is 32.3. The quantitative estimate of drug-likeness (QED) is 0.0205. The highest BCUT2D eigenvalue weighted by atomic mass is 79.9. The number of benzene rings is 5. The predicted molar refractivity (Wildman–Crippen MR) is 499 cm³/mol. The number of amides is 1. The second-order valence-electron chi connectivity index (χ2n) is 30.2. The maximum absolute atomic E-state index is 12.4. The van der Waals surface area contributed by atoms with Crippen molar-refractivity contribution in [1.29, 1.82) is 0 Å². The Bertz CT molecular complexity index is 6110. The number of pyridine rings is 5. The van der Waals surface area contributed by atoms with Gasteiger partial charge >= 0.3 is 20.3 Å². The first-order valence-corrected chi connectivity index (χ1v) is 41.8. The van der Waals surface area contributed by atoms with E-state index < -0.39 is 25.9 Å². The van der Waals surface area contributed by atoms with Crippen LogP contribution in [0.5, 0.6) is 0 Å². The molecule has 18 rings (SSSR count). The van der Waals surface area contributed by atoms with E-state index in [1.807, 2.05) is 181 Å². The molecule has 5 N–H and O–H groups in total. The lowest BCUT2D eigenvalue weighted by Crippen LogP contribution is -2.35. The normalized spacial score (nSPS) is 11.4. The van der Waals surface area contributed by atoms with Gasteiger partial charge in [-0.2, -0.15) is 9.61 Å². The van der Waals surface area contributed by atoms with Gasteiger partial charge < -0.3 is 67.4 Å². The van der Waals surface area contributed by atoms with E-state index in [-0.39, 0.29) is 10.9 Å². The summed E-state index contributed by atoms with van der Waals surface area (Å²) in [5.41, 5.74) is 15.8. The third kappa shape index (κ3) is 24.2. The van der Waals surface area contributed by atoms with Crippen molar-refractivity contribution in [2.75, 3.05) is 66.8 Å². The van der Waals surface area contributed by atoms with Gasteiger partial charge in [-0.25, -0.2) is 34.7 Å². The van der Waals surface area contributed by atoms with Gasteiger partial charge in [0.05, 0.1) is 54.8 Å². The molecule has 26 nitrogen and oxygen atoms in total. The van der Waals surface area contributed by atoms with E-state index in [1.54, 1.807) is 79.7 Å². The minimum absolute atomic E-state index is 0.00172. The molecule has 0 saturated heterocycles. The zero-order chi connectivity index (χ0) is 87.1. The summed E-state index contributed by atoms with van der Waals surface area (Å²) in [7, 11) is 8.64. The fourth-order valence-electron chi connectivity index (χ4n) is 13.5. The van der Waals surface area contributed by atoms with Crippen LogP contribution in [0.4, 0.5) is 33.4 Å². The number of nitrogens with one attached hydrogen (secondary N) is 1. The number of carbonyl (C=O) groups excluding carboxylic acids is 2. The molecule has 1 saturated carbocycles. The van der Waals surface area contributed by atoms with Gasteiger partial charge in [-0.05, 0) is 167 Å². The number of imidazole rings is 5. The number of rotatable bonds is 20. The molecule has 630 valence electrons. The molecule has 123 heavy (non-hydrogen) atoms. The average molecular weight is 1800 g/mol. The number of carbonyl (C=O) groups is 2. The number of hydrogen-bond acceptors (Lipinski definition) is 19. The molecule has 1 aliphatic rings. The Hall–Kier alpha value is -12.5. The summed E-state index contributed by atoms with van der Waals surface area (Å²) < 4.78 is 18.3. The number of hydrogen-bond donors (Lipinski definition) is 5. The van der Waals surface area contributed by atoms with E-state index in [4.69, 9.17) is 16.3 Å². The van der Waals surface area contributed by atoms with Crippen LogP contribution in [-0.4, -0.2) is 156 Å². The first-order valence-electron chi connectivity index (χ1n) is 39.9. The number of ketones is 1. The molecule has 0 bridgehead atoms. The van der Waals surface area contributed by atoms with Gasteiger partial charge in [-0.15, -0.1) is 0 Å². The lowest BCUT2D eigenvalue weighted by atomic mass is 9.85. The highest BCUT2D eigenvalue weighted by Crippen LogP contribution is 2.35. The van der Waals surface area contributed by atoms with Gasteiger partial charge in [-0.3, -0.25) is 14.1 Å². The molecule has 1 aliphatic carbocycles. The molecule has 0 aliphatic heterocycles. The second kappa shape index (κ2) is 42.8. The number of anilines is 5. The summed E-state index contributed by atoms with van der Waals surface area (Å²) in [5, 5.41) is 45.1. The van der Waals surface area contributed by atoms with E-state index >= 15 is 0 Å². The maximum Gasteiger partial charge on any atom is 0.506 e. The van der Waals surface area contributed by atoms with Crippen LogP contribution in [0.2, 0.25) is 5.15 Å². The molecule has 17 aromatic rings. The summed E-state index contributed by atoms with van der Waals surface area (Å²) in [4.78, 5) is 60.5. The zero-order valence-corrected chi connectivity index (χ0v) is 73.8. The van der Waals surface area contributed by atoms with Gasteiger partial charge in [0.2, 0.25) is 0 Å². The Morgan fingerprint density at radius 1 is 0.480 bits per heavy atom. The van der Waals surface area contributed by atoms with Crippen LogP contribution in [0, 0.1) is 5.92 Å². The van der Waals surface area contributed by atoms with E-state index in [0.717, 1.165) is 94.3 Å². The van der Waals surface area contributed by atoms with Crippen molar-refractivity contribution < 1.29 is 34.4 Å². The summed E-state index contributed by atoms with van der Waals surface area (Å²) in [6.45, 7) is 9.58.